The van der Waals surface area contributed by atoms with E-state index >= 15 is 0 Å². The van der Waals surface area contributed by atoms with E-state index in [1.54, 1.807) is 6.20 Å². The lowest BCUT2D eigenvalue weighted by molar-refractivity contribution is 0.0563. The Balaban J connectivity index is 1.97. The molecular formula is C14H13NO4. The van der Waals surface area contributed by atoms with Crippen LogP contribution in [-0.2, 0) is 11.2 Å². The van der Waals surface area contributed by atoms with Crippen LogP contribution in [0.5, 0.6) is 0 Å². The third kappa shape index (κ3) is 3.28. The van der Waals surface area contributed by atoms with E-state index in [0.29, 0.717) is 6.42 Å². The van der Waals surface area contributed by atoms with E-state index in [-0.39, 0.29) is 23.7 Å². The average molecular weight is 259 g/mol. The standard InChI is InChI=1S/C14H13NO4/c1-18-14(17)13-8-7-12(19-13)11(16)6-5-10-4-2-3-9-15-10/h2-4,7-9H,5-6H2,1H3. The summed E-state index contributed by atoms with van der Waals surface area (Å²) in [5.74, 6) is -0.565. The van der Waals surface area contributed by atoms with Crippen LogP contribution in [0.2, 0.25) is 0 Å². The second-order valence-electron chi connectivity index (χ2n) is 3.90. The van der Waals surface area contributed by atoms with Crippen molar-refractivity contribution in [2.75, 3.05) is 7.11 Å². The molecule has 0 aliphatic rings. The van der Waals surface area contributed by atoms with E-state index in [1.165, 1.54) is 19.2 Å². The molecular weight excluding hydrogens is 246 g/mol. The normalized spacial score (nSPS) is 10.2. The van der Waals surface area contributed by atoms with Crippen molar-refractivity contribution in [2.45, 2.75) is 12.8 Å². The summed E-state index contributed by atoms with van der Waals surface area (Å²) in [6, 6.07) is 8.46. The predicted octanol–water partition coefficient (Wildman–Crippen LogP) is 2.28. The summed E-state index contributed by atoms with van der Waals surface area (Å²) in [5.41, 5.74) is 0.843. The maximum absolute atomic E-state index is 11.9. The zero-order valence-corrected chi connectivity index (χ0v) is 10.5. The molecule has 0 bridgehead atoms. The van der Waals surface area contributed by atoms with Gasteiger partial charge in [0.15, 0.2) is 11.5 Å². The summed E-state index contributed by atoms with van der Waals surface area (Å²) in [6.45, 7) is 0. The van der Waals surface area contributed by atoms with Crippen molar-refractivity contribution in [1.82, 2.24) is 4.98 Å². The van der Waals surface area contributed by atoms with Gasteiger partial charge in [0.05, 0.1) is 7.11 Å². The Morgan fingerprint density at radius 2 is 2.00 bits per heavy atom. The number of furan rings is 1. The number of carbonyl (C=O) groups excluding carboxylic acids is 2. The lowest BCUT2D eigenvalue weighted by atomic mass is 10.1. The summed E-state index contributed by atoms with van der Waals surface area (Å²) in [7, 11) is 1.26. The van der Waals surface area contributed by atoms with Gasteiger partial charge < -0.3 is 9.15 Å². The molecule has 0 radical (unpaired) electrons. The van der Waals surface area contributed by atoms with Crippen molar-refractivity contribution in [3.05, 3.63) is 53.7 Å². The molecule has 98 valence electrons. The van der Waals surface area contributed by atoms with Crippen molar-refractivity contribution < 1.29 is 18.7 Å². The second kappa shape index (κ2) is 5.95. The third-order valence-corrected chi connectivity index (χ3v) is 2.60. The number of nitrogens with zero attached hydrogens (tertiary/aromatic N) is 1. The van der Waals surface area contributed by atoms with Gasteiger partial charge in [0.25, 0.3) is 0 Å². The molecule has 2 heterocycles. The fourth-order valence-corrected chi connectivity index (χ4v) is 1.61. The SMILES string of the molecule is COC(=O)c1ccc(C(=O)CCc2ccccn2)o1. The van der Waals surface area contributed by atoms with Crippen molar-refractivity contribution in [3.63, 3.8) is 0 Å². The first-order valence-electron chi connectivity index (χ1n) is 5.82. The van der Waals surface area contributed by atoms with Gasteiger partial charge in [-0.2, -0.15) is 0 Å². The van der Waals surface area contributed by atoms with E-state index < -0.39 is 5.97 Å². The number of aryl methyl sites for hydroxylation is 1. The minimum Gasteiger partial charge on any atom is -0.463 e. The fraction of sp³-hybridized carbons (Fsp3) is 0.214. The molecule has 2 aromatic heterocycles. The molecule has 0 spiro atoms. The van der Waals surface area contributed by atoms with E-state index in [1.807, 2.05) is 18.2 Å². The Morgan fingerprint density at radius 1 is 1.21 bits per heavy atom. The van der Waals surface area contributed by atoms with Crippen LogP contribution in [0.4, 0.5) is 0 Å². The number of hydrogen-bond donors (Lipinski definition) is 0. The van der Waals surface area contributed by atoms with Gasteiger partial charge in [-0.25, -0.2) is 4.79 Å². The average Bonchev–Trinajstić information content (AvgIpc) is 2.95. The maximum Gasteiger partial charge on any atom is 0.373 e. The van der Waals surface area contributed by atoms with Crippen molar-refractivity contribution in [3.8, 4) is 0 Å². The zero-order chi connectivity index (χ0) is 13.7. The van der Waals surface area contributed by atoms with Crippen molar-refractivity contribution in [2.24, 2.45) is 0 Å². The Morgan fingerprint density at radius 3 is 2.68 bits per heavy atom. The largest absolute Gasteiger partial charge is 0.463 e. The van der Waals surface area contributed by atoms with E-state index in [4.69, 9.17) is 4.42 Å². The maximum atomic E-state index is 11.9. The fourth-order valence-electron chi connectivity index (χ4n) is 1.61. The number of ketones is 1. The van der Waals surface area contributed by atoms with Crippen LogP contribution in [0.1, 0.15) is 33.2 Å². The second-order valence-corrected chi connectivity index (χ2v) is 3.90. The highest BCUT2D eigenvalue weighted by molar-refractivity contribution is 5.95. The van der Waals surface area contributed by atoms with E-state index in [0.717, 1.165) is 5.69 Å². The lowest BCUT2D eigenvalue weighted by Gasteiger charge is -1.98. The molecule has 0 atom stereocenters. The van der Waals surface area contributed by atoms with Gasteiger partial charge in [-0.15, -0.1) is 0 Å². The van der Waals surface area contributed by atoms with Gasteiger partial charge in [-0.1, -0.05) is 6.07 Å². The lowest BCUT2D eigenvalue weighted by Crippen LogP contribution is -2.02. The highest BCUT2D eigenvalue weighted by Crippen LogP contribution is 2.12. The molecule has 5 nitrogen and oxygen atoms in total. The molecule has 0 aromatic carbocycles. The number of hydrogen-bond acceptors (Lipinski definition) is 5. The number of esters is 1. The van der Waals surface area contributed by atoms with Gasteiger partial charge in [0.1, 0.15) is 0 Å². The van der Waals surface area contributed by atoms with E-state index in [9.17, 15) is 9.59 Å². The molecule has 0 aliphatic heterocycles. The van der Waals surface area contributed by atoms with Crippen LogP contribution in [0.25, 0.3) is 0 Å². The monoisotopic (exact) mass is 259 g/mol. The summed E-state index contributed by atoms with van der Waals surface area (Å²) >= 11 is 0. The zero-order valence-electron chi connectivity index (χ0n) is 10.5. The molecule has 0 N–H and O–H groups in total. The van der Waals surface area contributed by atoms with Crippen LogP contribution in [-0.4, -0.2) is 23.8 Å². The third-order valence-electron chi connectivity index (χ3n) is 2.60. The van der Waals surface area contributed by atoms with Crippen molar-refractivity contribution >= 4 is 11.8 Å². The van der Waals surface area contributed by atoms with Gasteiger partial charge in [-0.05, 0) is 30.7 Å². The first-order chi connectivity index (χ1) is 9.20. The van der Waals surface area contributed by atoms with Gasteiger partial charge in [-0.3, -0.25) is 9.78 Å². The first-order valence-corrected chi connectivity index (χ1v) is 5.82. The molecule has 2 rings (SSSR count). The van der Waals surface area contributed by atoms with Crippen LogP contribution < -0.4 is 0 Å². The molecule has 19 heavy (non-hydrogen) atoms. The predicted molar refractivity (Wildman–Crippen MR) is 66.9 cm³/mol. The van der Waals surface area contributed by atoms with Gasteiger partial charge in [0, 0.05) is 18.3 Å². The summed E-state index contributed by atoms with van der Waals surface area (Å²) in [5, 5.41) is 0. The van der Waals surface area contributed by atoms with Crippen LogP contribution in [0, 0.1) is 0 Å². The van der Waals surface area contributed by atoms with Gasteiger partial charge >= 0.3 is 5.97 Å². The molecule has 0 amide bonds. The molecule has 0 fully saturated rings. The number of methoxy groups -OCH3 is 1. The number of rotatable bonds is 5. The number of pyridine rings is 1. The molecule has 2 aromatic rings. The number of ether oxygens (including phenoxy) is 1. The van der Waals surface area contributed by atoms with Crippen LogP contribution in [0.3, 0.4) is 0 Å². The topological polar surface area (TPSA) is 69.4 Å². The highest BCUT2D eigenvalue weighted by Gasteiger charge is 2.15. The molecule has 0 aliphatic carbocycles. The Bertz CT molecular complexity index is 574. The molecule has 0 saturated carbocycles. The number of Topliss-reactive ketones (excluding diaryl/α,β-unsaturated/α-hetero) is 1. The van der Waals surface area contributed by atoms with Crippen LogP contribution in [0.15, 0.2) is 40.9 Å². The van der Waals surface area contributed by atoms with Crippen LogP contribution >= 0.6 is 0 Å². The summed E-state index contributed by atoms with van der Waals surface area (Å²) in [4.78, 5) is 27.2. The minimum atomic E-state index is -0.594. The smallest absolute Gasteiger partial charge is 0.373 e. The summed E-state index contributed by atoms with van der Waals surface area (Å²) in [6.07, 6.45) is 2.50. The van der Waals surface area contributed by atoms with E-state index in [2.05, 4.69) is 9.72 Å². The summed E-state index contributed by atoms with van der Waals surface area (Å²) < 4.78 is 9.65. The molecule has 5 heteroatoms. The highest BCUT2D eigenvalue weighted by atomic mass is 16.5. The Hall–Kier alpha value is -2.43. The first kappa shape index (κ1) is 13.0. The Kier molecular flexibility index (Phi) is 4.07. The number of aromatic nitrogens is 1. The molecule has 0 unspecified atom stereocenters. The quantitative estimate of drug-likeness (QED) is 0.608. The molecule has 0 saturated heterocycles. The minimum absolute atomic E-state index is 0.0312. The number of carbonyl (C=O) groups is 2. The van der Waals surface area contributed by atoms with Crippen molar-refractivity contribution in [1.29, 1.82) is 0 Å². The van der Waals surface area contributed by atoms with Gasteiger partial charge in [0.2, 0.25) is 5.76 Å². The Labute approximate surface area is 110 Å².